The smallest absolute Gasteiger partial charge is 0.309 e. The van der Waals surface area contributed by atoms with Gasteiger partial charge in [-0.1, -0.05) is 40.2 Å². The van der Waals surface area contributed by atoms with Crippen molar-refractivity contribution < 1.29 is 29.3 Å². The number of aliphatic hydroxyl groups is 2. The average molecular weight is 530 g/mol. The van der Waals surface area contributed by atoms with Crippen molar-refractivity contribution in [1.29, 1.82) is 0 Å². The molecule has 2 aromatic rings. The molecule has 9 heteroatoms. The van der Waals surface area contributed by atoms with Crippen LogP contribution in [0.4, 0.5) is 0 Å². The van der Waals surface area contributed by atoms with Gasteiger partial charge in [-0.15, -0.1) is 0 Å². The maximum Gasteiger partial charge on any atom is 0.309 e. The molecule has 4 rings (SSSR count). The summed E-state index contributed by atoms with van der Waals surface area (Å²) in [6.07, 6.45) is 1.56. The monoisotopic (exact) mass is 529 g/mol. The fourth-order valence-electron chi connectivity index (χ4n) is 5.82. The lowest BCUT2D eigenvalue weighted by Gasteiger charge is -2.34. The van der Waals surface area contributed by atoms with Crippen LogP contribution in [-0.2, 0) is 25.6 Å². The number of imidazole rings is 1. The number of fused-ring (bicyclic) bond motifs is 2. The van der Waals surface area contributed by atoms with Gasteiger partial charge in [-0.05, 0) is 43.4 Å². The number of hydrogen-bond acceptors (Lipinski definition) is 8. The first-order valence-electron chi connectivity index (χ1n) is 13.8. The fourth-order valence-corrected chi connectivity index (χ4v) is 5.82. The van der Waals surface area contributed by atoms with E-state index in [1.807, 2.05) is 29.7 Å². The first-order chi connectivity index (χ1) is 17.9. The number of carbonyl (C=O) groups is 2. The van der Waals surface area contributed by atoms with Crippen molar-refractivity contribution in [2.45, 2.75) is 103 Å². The summed E-state index contributed by atoms with van der Waals surface area (Å²) in [5.74, 6) is -1.61. The number of benzene rings is 1. The number of ether oxygens (including phenoxy) is 2. The molecule has 7 atom stereocenters. The zero-order valence-corrected chi connectivity index (χ0v) is 23.2. The van der Waals surface area contributed by atoms with Crippen LogP contribution in [0, 0.1) is 17.3 Å². The summed E-state index contributed by atoms with van der Waals surface area (Å²) in [4.78, 5) is 30.9. The summed E-state index contributed by atoms with van der Waals surface area (Å²) in [7, 11) is 0. The summed E-state index contributed by atoms with van der Waals surface area (Å²) in [6, 6.07) is 5.81. The van der Waals surface area contributed by atoms with Crippen molar-refractivity contribution in [3.8, 4) is 0 Å². The van der Waals surface area contributed by atoms with Gasteiger partial charge in [-0.25, -0.2) is 4.98 Å². The summed E-state index contributed by atoms with van der Waals surface area (Å²) >= 11 is 0. The Kier molecular flexibility index (Phi) is 8.33. The first kappa shape index (κ1) is 28.7. The molecule has 0 aliphatic carbocycles. The van der Waals surface area contributed by atoms with Crippen LogP contribution >= 0.6 is 0 Å². The van der Waals surface area contributed by atoms with Gasteiger partial charge in [-0.3, -0.25) is 9.59 Å². The lowest BCUT2D eigenvalue weighted by Crippen LogP contribution is -2.45. The predicted octanol–water partition coefficient (Wildman–Crippen LogP) is 3.29. The molecule has 2 fully saturated rings. The standard InChI is InChI=1S/C29H43N3O6/c1-17-7-6-10-29(5)24(38-29)14-22(19-8-9-21-20(13-19)31-16-32(21)12-11-30)37-25(34)15-23(33)28(3,4)27(36)18(2)26(17)35/h8-9,13,16-18,22-24,26,33,35H,6-7,10-12,14-15,30H2,1-5H3/t17?,18?,22-,23?,24-,26-,29+/m0/s1. The van der Waals surface area contributed by atoms with E-state index in [0.717, 1.165) is 35.9 Å². The van der Waals surface area contributed by atoms with Gasteiger partial charge in [-0.2, -0.15) is 0 Å². The van der Waals surface area contributed by atoms with E-state index in [2.05, 4.69) is 11.9 Å². The number of ketones is 1. The van der Waals surface area contributed by atoms with Gasteiger partial charge in [0.25, 0.3) is 0 Å². The number of nitrogens with two attached hydrogens (primary N) is 1. The second-order valence-corrected chi connectivity index (χ2v) is 12.1. The first-order valence-corrected chi connectivity index (χ1v) is 13.8. The lowest BCUT2D eigenvalue weighted by molar-refractivity contribution is -0.156. The molecule has 0 spiro atoms. The van der Waals surface area contributed by atoms with Crippen LogP contribution in [0.3, 0.4) is 0 Å². The lowest BCUT2D eigenvalue weighted by atomic mass is 9.73. The van der Waals surface area contributed by atoms with E-state index in [9.17, 15) is 19.8 Å². The maximum absolute atomic E-state index is 13.3. The Bertz CT molecular complexity index is 1160. The minimum absolute atomic E-state index is 0.0826. The van der Waals surface area contributed by atoms with E-state index in [-0.39, 0.29) is 29.8 Å². The minimum atomic E-state index is -1.25. The molecule has 0 bridgehead atoms. The third-order valence-electron chi connectivity index (χ3n) is 8.79. The van der Waals surface area contributed by atoms with Crippen molar-refractivity contribution in [1.82, 2.24) is 9.55 Å². The molecule has 0 radical (unpaired) electrons. The predicted molar refractivity (Wildman–Crippen MR) is 143 cm³/mol. The number of cyclic esters (lactones) is 1. The van der Waals surface area contributed by atoms with E-state index in [0.29, 0.717) is 19.5 Å². The number of nitrogens with zero attached hydrogens (tertiary/aromatic N) is 2. The van der Waals surface area contributed by atoms with Crippen LogP contribution in [-0.4, -0.2) is 62.0 Å². The van der Waals surface area contributed by atoms with E-state index in [4.69, 9.17) is 15.2 Å². The number of rotatable bonds is 3. The number of aromatic nitrogens is 2. The molecule has 4 N–H and O–H groups in total. The van der Waals surface area contributed by atoms with Crippen molar-refractivity contribution in [2.75, 3.05) is 6.54 Å². The van der Waals surface area contributed by atoms with Crippen LogP contribution in [0.2, 0.25) is 0 Å². The molecule has 2 aliphatic rings. The van der Waals surface area contributed by atoms with Gasteiger partial charge in [0.1, 0.15) is 11.9 Å². The SMILES string of the molecule is CC1CCC[C@@]2(C)O[C@H]2C[C@@H](c2ccc3c(c2)ncn3CCN)OC(=O)CC(O)C(C)(C)C(=O)C(C)[C@H]1O. The van der Waals surface area contributed by atoms with Crippen LogP contribution in [0.15, 0.2) is 24.5 Å². The summed E-state index contributed by atoms with van der Waals surface area (Å²) < 4.78 is 14.0. The molecule has 9 nitrogen and oxygen atoms in total. The highest BCUT2D eigenvalue weighted by Gasteiger charge is 2.53. The van der Waals surface area contributed by atoms with Crippen molar-refractivity contribution in [3.63, 3.8) is 0 Å². The average Bonchev–Trinajstić information content (AvgIpc) is 3.33. The molecule has 1 aromatic heterocycles. The van der Waals surface area contributed by atoms with E-state index >= 15 is 0 Å². The van der Waals surface area contributed by atoms with Gasteiger partial charge in [0.15, 0.2) is 0 Å². The fraction of sp³-hybridized carbons (Fsp3) is 0.690. The Morgan fingerprint density at radius 3 is 2.63 bits per heavy atom. The molecule has 3 unspecified atom stereocenters. The molecular weight excluding hydrogens is 486 g/mol. The third-order valence-corrected chi connectivity index (χ3v) is 8.79. The summed E-state index contributed by atoms with van der Waals surface area (Å²) in [5, 5.41) is 21.8. The van der Waals surface area contributed by atoms with Crippen LogP contribution in [0.25, 0.3) is 11.0 Å². The number of epoxide rings is 1. The van der Waals surface area contributed by atoms with Crippen LogP contribution in [0.5, 0.6) is 0 Å². The molecule has 3 heterocycles. The number of aliphatic hydroxyl groups excluding tert-OH is 2. The Morgan fingerprint density at radius 1 is 1.18 bits per heavy atom. The van der Waals surface area contributed by atoms with Gasteiger partial charge in [0.05, 0.1) is 53.1 Å². The van der Waals surface area contributed by atoms with Gasteiger partial charge in [0.2, 0.25) is 0 Å². The largest absolute Gasteiger partial charge is 0.457 e. The van der Waals surface area contributed by atoms with Crippen LogP contribution in [0.1, 0.15) is 78.4 Å². The zero-order valence-electron chi connectivity index (χ0n) is 23.2. The highest BCUT2D eigenvalue weighted by atomic mass is 16.6. The Hall–Kier alpha value is -2.33. The summed E-state index contributed by atoms with van der Waals surface area (Å²) in [5.41, 5.74) is 6.70. The van der Waals surface area contributed by atoms with E-state index < -0.39 is 35.6 Å². The van der Waals surface area contributed by atoms with Gasteiger partial charge < -0.3 is 30.0 Å². The molecule has 38 heavy (non-hydrogen) atoms. The molecule has 210 valence electrons. The topological polar surface area (TPSA) is 140 Å². The molecule has 2 saturated heterocycles. The second kappa shape index (κ2) is 11.0. The molecule has 1 aromatic carbocycles. The normalized spacial score (nSPS) is 35.1. The van der Waals surface area contributed by atoms with Gasteiger partial charge in [0, 0.05) is 25.4 Å². The molecule has 2 aliphatic heterocycles. The van der Waals surface area contributed by atoms with E-state index in [1.54, 1.807) is 27.1 Å². The summed E-state index contributed by atoms with van der Waals surface area (Å²) in [6.45, 7) is 10.1. The minimum Gasteiger partial charge on any atom is -0.457 e. The molecular formula is C29H43N3O6. The molecule has 0 amide bonds. The third kappa shape index (κ3) is 5.81. The quantitative estimate of drug-likeness (QED) is 0.406. The van der Waals surface area contributed by atoms with E-state index in [1.165, 1.54) is 0 Å². The van der Waals surface area contributed by atoms with Crippen LogP contribution < -0.4 is 5.73 Å². The Labute approximate surface area is 224 Å². The Morgan fingerprint density at radius 2 is 1.92 bits per heavy atom. The number of Topliss-reactive ketones (excluding diaryl/α,β-unsaturated/α-hetero) is 1. The second-order valence-electron chi connectivity index (χ2n) is 12.1. The van der Waals surface area contributed by atoms with Crippen molar-refractivity contribution in [3.05, 3.63) is 30.1 Å². The highest BCUT2D eigenvalue weighted by molar-refractivity contribution is 5.88. The Balaban J connectivity index is 1.61. The number of carbonyl (C=O) groups excluding carboxylic acids is 2. The number of hydrogen-bond donors (Lipinski definition) is 3. The van der Waals surface area contributed by atoms with Crippen molar-refractivity contribution >= 4 is 22.8 Å². The van der Waals surface area contributed by atoms with Gasteiger partial charge >= 0.3 is 5.97 Å². The highest BCUT2D eigenvalue weighted by Crippen LogP contribution is 2.46. The molecule has 0 saturated carbocycles. The van der Waals surface area contributed by atoms with Crippen molar-refractivity contribution in [2.24, 2.45) is 23.0 Å². The maximum atomic E-state index is 13.3. The number of esters is 1. The zero-order chi connectivity index (χ0) is 27.8.